The molecule has 0 radical (unpaired) electrons. The quantitative estimate of drug-likeness (QED) is 0.615. The lowest BCUT2D eigenvalue weighted by molar-refractivity contribution is -0.138. The molecular formula is C15H20N2O3. The Labute approximate surface area is 118 Å². The summed E-state index contributed by atoms with van der Waals surface area (Å²) < 4.78 is 0. The van der Waals surface area contributed by atoms with E-state index < -0.39 is 5.97 Å². The van der Waals surface area contributed by atoms with Gasteiger partial charge in [0.1, 0.15) is 0 Å². The van der Waals surface area contributed by atoms with Gasteiger partial charge in [0.05, 0.1) is 6.42 Å². The van der Waals surface area contributed by atoms with Gasteiger partial charge in [0.15, 0.2) is 0 Å². The Morgan fingerprint density at radius 3 is 2.65 bits per heavy atom. The van der Waals surface area contributed by atoms with Crippen molar-refractivity contribution in [3.63, 3.8) is 0 Å². The van der Waals surface area contributed by atoms with Crippen molar-refractivity contribution < 1.29 is 14.7 Å². The number of carbonyl (C=O) groups excluding carboxylic acids is 1. The zero-order chi connectivity index (χ0) is 15.1. The van der Waals surface area contributed by atoms with Gasteiger partial charge in [-0.25, -0.2) is 0 Å². The van der Waals surface area contributed by atoms with Crippen LogP contribution in [-0.2, 0) is 9.59 Å². The van der Waals surface area contributed by atoms with Crippen molar-refractivity contribution in [2.75, 3.05) is 12.3 Å². The van der Waals surface area contributed by atoms with Crippen LogP contribution < -0.4 is 5.73 Å². The van der Waals surface area contributed by atoms with Gasteiger partial charge < -0.3 is 15.7 Å². The van der Waals surface area contributed by atoms with E-state index in [1.54, 1.807) is 18.2 Å². The van der Waals surface area contributed by atoms with Crippen molar-refractivity contribution in [1.82, 2.24) is 4.90 Å². The highest BCUT2D eigenvalue weighted by Crippen LogP contribution is 2.09. The highest BCUT2D eigenvalue weighted by molar-refractivity contribution is 5.92. The van der Waals surface area contributed by atoms with Crippen molar-refractivity contribution >= 4 is 23.6 Å². The molecular weight excluding hydrogens is 256 g/mol. The minimum Gasteiger partial charge on any atom is -0.481 e. The number of aliphatic carboxylic acids is 1. The fraction of sp³-hybridized carbons (Fsp3) is 0.333. The summed E-state index contributed by atoms with van der Waals surface area (Å²) in [5, 5.41) is 8.69. The SMILES string of the molecule is CC(C)N(CCC(=O)O)C(=O)/C=C/c1cccc(N)c1. The number of rotatable bonds is 6. The van der Waals surface area contributed by atoms with Crippen molar-refractivity contribution in [2.45, 2.75) is 26.3 Å². The number of amides is 1. The number of carboxylic acids is 1. The third kappa shape index (κ3) is 5.14. The molecule has 0 saturated carbocycles. The smallest absolute Gasteiger partial charge is 0.305 e. The van der Waals surface area contributed by atoms with Gasteiger partial charge in [0.25, 0.3) is 0 Å². The average molecular weight is 276 g/mol. The summed E-state index contributed by atoms with van der Waals surface area (Å²) in [6.45, 7) is 3.91. The molecule has 5 heteroatoms. The number of anilines is 1. The highest BCUT2D eigenvalue weighted by Gasteiger charge is 2.15. The predicted molar refractivity (Wildman–Crippen MR) is 79.0 cm³/mol. The maximum Gasteiger partial charge on any atom is 0.305 e. The van der Waals surface area contributed by atoms with E-state index in [0.717, 1.165) is 5.56 Å². The topological polar surface area (TPSA) is 83.6 Å². The van der Waals surface area contributed by atoms with E-state index in [-0.39, 0.29) is 24.9 Å². The first-order valence-corrected chi connectivity index (χ1v) is 6.46. The first-order chi connectivity index (χ1) is 9.40. The van der Waals surface area contributed by atoms with E-state index >= 15 is 0 Å². The molecule has 20 heavy (non-hydrogen) atoms. The molecule has 0 aliphatic rings. The Morgan fingerprint density at radius 2 is 2.10 bits per heavy atom. The van der Waals surface area contributed by atoms with Crippen LogP contribution in [0, 0.1) is 0 Å². The molecule has 0 fully saturated rings. The van der Waals surface area contributed by atoms with Gasteiger partial charge in [0.2, 0.25) is 5.91 Å². The Hall–Kier alpha value is -2.30. The Morgan fingerprint density at radius 1 is 1.40 bits per heavy atom. The maximum absolute atomic E-state index is 12.1. The summed E-state index contributed by atoms with van der Waals surface area (Å²) >= 11 is 0. The van der Waals surface area contributed by atoms with Crippen molar-refractivity contribution in [3.05, 3.63) is 35.9 Å². The van der Waals surface area contributed by atoms with E-state index in [1.807, 2.05) is 26.0 Å². The Balaban J connectivity index is 2.72. The number of nitrogens with zero attached hydrogens (tertiary/aromatic N) is 1. The third-order valence-corrected chi connectivity index (χ3v) is 2.80. The van der Waals surface area contributed by atoms with Crippen molar-refractivity contribution in [2.24, 2.45) is 0 Å². The van der Waals surface area contributed by atoms with Crippen LogP contribution in [0.2, 0.25) is 0 Å². The standard InChI is InChI=1S/C15H20N2O3/c1-11(2)17(9-8-15(19)20)14(18)7-6-12-4-3-5-13(16)10-12/h3-7,10-11H,8-9,16H2,1-2H3,(H,19,20)/b7-6+. The van der Waals surface area contributed by atoms with E-state index in [9.17, 15) is 9.59 Å². The number of nitrogens with two attached hydrogens (primary N) is 1. The van der Waals surface area contributed by atoms with Crippen LogP contribution >= 0.6 is 0 Å². The Bertz CT molecular complexity index is 510. The molecule has 0 bridgehead atoms. The first kappa shape index (κ1) is 15.8. The zero-order valence-corrected chi connectivity index (χ0v) is 11.7. The molecule has 5 nitrogen and oxygen atoms in total. The molecule has 0 aromatic heterocycles. The summed E-state index contributed by atoms with van der Waals surface area (Å²) in [6, 6.07) is 7.14. The van der Waals surface area contributed by atoms with Crippen LogP contribution in [0.4, 0.5) is 5.69 Å². The molecule has 3 N–H and O–H groups in total. The molecule has 0 heterocycles. The number of carboxylic acid groups (broad SMARTS) is 1. The largest absolute Gasteiger partial charge is 0.481 e. The third-order valence-electron chi connectivity index (χ3n) is 2.80. The van der Waals surface area contributed by atoms with Gasteiger partial charge in [-0.1, -0.05) is 12.1 Å². The maximum atomic E-state index is 12.1. The van der Waals surface area contributed by atoms with Crippen molar-refractivity contribution in [3.8, 4) is 0 Å². The fourth-order valence-corrected chi connectivity index (χ4v) is 1.76. The molecule has 0 unspecified atom stereocenters. The summed E-state index contributed by atoms with van der Waals surface area (Å²) in [4.78, 5) is 24.2. The van der Waals surface area contributed by atoms with Crippen LogP contribution in [-0.4, -0.2) is 34.5 Å². The van der Waals surface area contributed by atoms with Crippen LogP contribution in [0.5, 0.6) is 0 Å². The van der Waals surface area contributed by atoms with Crippen LogP contribution in [0.1, 0.15) is 25.8 Å². The minimum absolute atomic E-state index is 0.0488. The van der Waals surface area contributed by atoms with Crippen LogP contribution in [0.3, 0.4) is 0 Å². The molecule has 0 aliphatic heterocycles. The second-order valence-corrected chi connectivity index (χ2v) is 4.77. The van der Waals surface area contributed by atoms with E-state index in [1.165, 1.54) is 11.0 Å². The molecule has 1 aromatic carbocycles. The number of hydrogen-bond acceptors (Lipinski definition) is 3. The monoisotopic (exact) mass is 276 g/mol. The van der Waals surface area contributed by atoms with Crippen LogP contribution in [0.15, 0.2) is 30.3 Å². The molecule has 0 atom stereocenters. The normalized spacial score (nSPS) is 10.9. The molecule has 0 saturated heterocycles. The van der Waals surface area contributed by atoms with Gasteiger partial charge in [-0.3, -0.25) is 9.59 Å². The second-order valence-electron chi connectivity index (χ2n) is 4.77. The van der Waals surface area contributed by atoms with Crippen LogP contribution in [0.25, 0.3) is 6.08 Å². The van der Waals surface area contributed by atoms with Gasteiger partial charge >= 0.3 is 5.97 Å². The van der Waals surface area contributed by atoms with Gasteiger partial charge in [0, 0.05) is 24.4 Å². The van der Waals surface area contributed by atoms with Gasteiger partial charge in [-0.15, -0.1) is 0 Å². The van der Waals surface area contributed by atoms with E-state index in [4.69, 9.17) is 10.8 Å². The number of hydrogen-bond donors (Lipinski definition) is 2. The molecule has 1 aromatic rings. The zero-order valence-electron chi connectivity index (χ0n) is 11.7. The van der Waals surface area contributed by atoms with Gasteiger partial charge in [-0.2, -0.15) is 0 Å². The lowest BCUT2D eigenvalue weighted by Crippen LogP contribution is -2.37. The Kier molecular flexibility index (Phi) is 5.77. The van der Waals surface area contributed by atoms with E-state index in [2.05, 4.69) is 0 Å². The predicted octanol–water partition coefficient (Wildman–Crippen LogP) is 1.99. The molecule has 1 amide bonds. The summed E-state index contributed by atoms with van der Waals surface area (Å²) in [7, 11) is 0. The first-order valence-electron chi connectivity index (χ1n) is 6.46. The average Bonchev–Trinajstić information content (AvgIpc) is 2.36. The second kappa shape index (κ2) is 7.33. The molecule has 108 valence electrons. The lowest BCUT2D eigenvalue weighted by Gasteiger charge is -2.24. The molecule has 0 aliphatic carbocycles. The number of benzene rings is 1. The highest BCUT2D eigenvalue weighted by atomic mass is 16.4. The lowest BCUT2D eigenvalue weighted by atomic mass is 10.2. The van der Waals surface area contributed by atoms with Crippen molar-refractivity contribution in [1.29, 1.82) is 0 Å². The molecule has 1 rings (SSSR count). The summed E-state index contributed by atoms with van der Waals surface area (Å²) in [6.07, 6.45) is 3.06. The summed E-state index contributed by atoms with van der Waals surface area (Å²) in [5.41, 5.74) is 7.12. The summed E-state index contributed by atoms with van der Waals surface area (Å²) in [5.74, 6) is -1.12. The fourth-order valence-electron chi connectivity index (χ4n) is 1.76. The van der Waals surface area contributed by atoms with Gasteiger partial charge in [-0.05, 0) is 37.6 Å². The number of nitrogen functional groups attached to an aromatic ring is 1. The molecule has 0 spiro atoms. The van der Waals surface area contributed by atoms with E-state index in [0.29, 0.717) is 5.69 Å². The minimum atomic E-state index is -0.914. The number of carbonyl (C=O) groups is 2.